The van der Waals surface area contributed by atoms with Gasteiger partial charge < -0.3 is 11.5 Å². The molecule has 5 rings (SSSR count). The molecule has 6 N–H and O–H groups in total. The lowest BCUT2D eigenvalue weighted by Gasteiger charge is -2.36. The summed E-state index contributed by atoms with van der Waals surface area (Å²) in [5.74, 6) is -0.0356. The van der Waals surface area contributed by atoms with E-state index in [-0.39, 0.29) is 37.2 Å². The lowest BCUT2D eigenvalue weighted by molar-refractivity contribution is 0.265. The van der Waals surface area contributed by atoms with Gasteiger partial charge in [-0.25, -0.2) is 32.0 Å². The van der Waals surface area contributed by atoms with Crippen LogP contribution in [0.1, 0.15) is 5.56 Å². The SMILES string of the molecule is Nc1nc2c(-c3ccc(S(=O)(=O)N4CC(N)C4)c(S(N)(=O)=O)c3C3=NCN=N3)cccc2s1. The molecule has 1 saturated heterocycles. The number of nitrogens with two attached hydrogens (primary N) is 3. The molecule has 2 aliphatic rings. The fourth-order valence-corrected chi connectivity index (χ4v) is 7.73. The molecular weight excluding hydrogens is 488 g/mol. The molecule has 1 aromatic heterocycles. The number of primary sulfonamides is 1. The first-order valence-corrected chi connectivity index (χ1v) is 13.4. The van der Waals surface area contributed by atoms with Crippen LogP contribution in [0.15, 0.2) is 55.3 Å². The van der Waals surface area contributed by atoms with E-state index in [0.717, 1.165) is 9.01 Å². The zero-order chi connectivity index (χ0) is 23.5. The van der Waals surface area contributed by atoms with Crippen molar-refractivity contribution >= 4 is 52.6 Å². The standard InChI is InChI=1S/C18H18N8O4S3/c19-9-6-26(7-9)33(29,30)13-5-4-10(11-2-1-3-12-15(11)24-18(20)31-12)14(16(13)32(21,27)28)17-22-8-23-25-17/h1-5,9H,6-8,19H2,(H2,20,24)(H2,21,27,28). The Morgan fingerprint density at radius 2 is 1.82 bits per heavy atom. The highest BCUT2D eigenvalue weighted by Gasteiger charge is 2.40. The van der Waals surface area contributed by atoms with Crippen LogP contribution < -0.4 is 16.6 Å². The van der Waals surface area contributed by atoms with Gasteiger partial charge >= 0.3 is 0 Å². The van der Waals surface area contributed by atoms with Gasteiger partial charge in [0.2, 0.25) is 20.0 Å². The van der Waals surface area contributed by atoms with Gasteiger partial charge in [0, 0.05) is 24.7 Å². The van der Waals surface area contributed by atoms with Gasteiger partial charge in [-0.1, -0.05) is 29.5 Å². The van der Waals surface area contributed by atoms with E-state index >= 15 is 0 Å². The number of amidine groups is 1. The van der Waals surface area contributed by atoms with Gasteiger partial charge in [-0.05, 0) is 17.7 Å². The van der Waals surface area contributed by atoms with Gasteiger partial charge in [-0.2, -0.15) is 9.42 Å². The summed E-state index contributed by atoms with van der Waals surface area (Å²) in [7, 11) is -8.76. The molecule has 0 aliphatic carbocycles. The normalized spacial score (nSPS) is 17.5. The van der Waals surface area contributed by atoms with E-state index < -0.39 is 29.8 Å². The smallest absolute Gasteiger partial charge is 0.244 e. The monoisotopic (exact) mass is 506 g/mol. The number of rotatable bonds is 5. The molecule has 1 fully saturated rings. The maximum absolute atomic E-state index is 13.3. The summed E-state index contributed by atoms with van der Waals surface area (Å²) in [6, 6.07) is 7.71. The van der Waals surface area contributed by atoms with Gasteiger partial charge in [0.1, 0.15) is 9.79 Å². The summed E-state index contributed by atoms with van der Waals surface area (Å²) in [4.78, 5) is 7.45. The van der Waals surface area contributed by atoms with Crippen LogP contribution in [0.3, 0.4) is 0 Å². The average molecular weight is 507 g/mol. The van der Waals surface area contributed by atoms with Gasteiger partial charge in [-0.15, -0.1) is 5.11 Å². The Labute approximate surface area is 192 Å². The minimum absolute atomic E-state index is 0.0232. The number of hydrogen-bond donors (Lipinski definition) is 3. The number of sulfonamides is 2. The lowest BCUT2D eigenvalue weighted by atomic mass is 9.98. The van der Waals surface area contributed by atoms with Crippen molar-refractivity contribution in [2.24, 2.45) is 26.1 Å². The van der Waals surface area contributed by atoms with E-state index in [1.165, 1.54) is 23.5 Å². The molecule has 0 bridgehead atoms. The van der Waals surface area contributed by atoms with E-state index in [0.29, 0.717) is 21.8 Å². The Hall–Kier alpha value is -2.82. The summed E-state index contributed by atoms with van der Waals surface area (Å²) in [5, 5.41) is 13.7. The van der Waals surface area contributed by atoms with Crippen molar-refractivity contribution in [1.82, 2.24) is 9.29 Å². The molecular formula is C18H18N8O4S3. The minimum Gasteiger partial charge on any atom is -0.375 e. The zero-order valence-electron chi connectivity index (χ0n) is 16.9. The molecule has 3 aromatic rings. The first kappa shape index (κ1) is 22.0. The number of para-hydroxylation sites is 1. The molecule has 12 nitrogen and oxygen atoms in total. The molecule has 2 aliphatic heterocycles. The Bertz CT molecular complexity index is 1570. The summed E-state index contributed by atoms with van der Waals surface area (Å²) in [6.07, 6.45) is 0. The van der Waals surface area contributed by atoms with Gasteiger partial charge in [0.15, 0.2) is 17.6 Å². The van der Waals surface area contributed by atoms with Crippen LogP contribution in [0.5, 0.6) is 0 Å². The van der Waals surface area contributed by atoms with Crippen LogP contribution >= 0.6 is 11.3 Å². The van der Waals surface area contributed by atoms with Crippen molar-refractivity contribution in [2.45, 2.75) is 15.8 Å². The molecule has 15 heteroatoms. The molecule has 0 unspecified atom stereocenters. The molecule has 172 valence electrons. The van der Waals surface area contributed by atoms with Crippen LogP contribution in [-0.4, -0.2) is 57.8 Å². The molecule has 33 heavy (non-hydrogen) atoms. The molecule has 3 heterocycles. The Morgan fingerprint density at radius 1 is 1.06 bits per heavy atom. The number of thiazole rings is 1. The summed E-state index contributed by atoms with van der Waals surface area (Å²) in [6.45, 7) is 0.119. The highest BCUT2D eigenvalue weighted by molar-refractivity contribution is 7.92. The third kappa shape index (κ3) is 3.62. The van der Waals surface area contributed by atoms with Crippen LogP contribution in [-0.2, 0) is 20.0 Å². The van der Waals surface area contributed by atoms with Crippen molar-refractivity contribution in [3.8, 4) is 11.1 Å². The number of aromatic nitrogens is 1. The van der Waals surface area contributed by atoms with Crippen LogP contribution in [0.4, 0.5) is 5.13 Å². The predicted octanol–water partition coefficient (Wildman–Crippen LogP) is 0.694. The number of azo groups is 1. The van der Waals surface area contributed by atoms with Crippen molar-refractivity contribution < 1.29 is 16.8 Å². The van der Waals surface area contributed by atoms with Gasteiger partial charge in [-0.3, -0.25) is 0 Å². The number of anilines is 1. The second kappa shape index (κ2) is 7.61. The summed E-state index contributed by atoms with van der Waals surface area (Å²) < 4.78 is 54.1. The minimum atomic E-state index is -4.56. The first-order chi connectivity index (χ1) is 15.6. The molecule has 2 aromatic carbocycles. The van der Waals surface area contributed by atoms with Crippen LogP contribution in [0.2, 0.25) is 0 Å². The van der Waals surface area contributed by atoms with E-state index in [4.69, 9.17) is 16.6 Å². The molecule has 0 spiro atoms. The highest BCUT2D eigenvalue weighted by atomic mass is 32.2. The van der Waals surface area contributed by atoms with Crippen molar-refractivity contribution in [3.05, 3.63) is 35.9 Å². The first-order valence-electron chi connectivity index (χ1n) is 9.60. The number of benzene rings is 2. The Balaban J connectivity index is 1.87. The second-order valence-corrected chi connectivity index (χ2v) is 12.0. The topological polar surface area (TPSA) is 200 Å². The number of aliphatic imine (C=N–C) groups is 1. The maximum atomic E-state index is 13.3. The number of hydrogen-bond acceptors (Lipinski definition) is 11. The van der Waals surface area contributed by atoms with Crippen molar-refractivity contribution in [3.63, 3.8) is 0 Å². The summed E-state index contributed by atoms with van der Waals surface area (Å²) >= 11 is 1.27. The highest BCUT2D eigenvalue weighted by Crippen LogP contribution is 2.40. The van der Waals surface area contributed by atoms with Crippen molar-refractivity contribution in [1.29, 1.82) is 0 Å². The van der Waals surface area contributed by atoms with E-state index in [2.05, 4.69) is 20.2 Å². The van der Waals surface area contributed by atoms with E-state index in [9.17, 15) is 16.8 Å². The number of nitrogens with zero attached hydrogens (tertiary/aromatic N) is 5. The zero-order valence-corrected chi connectivity index (χ0v) is 19.4. The maximum Gasteiger partial charge on any atom is 0.244 e. The Morgan fingerprint density at radius 3 is 2.45 bits per heavy atom. The summed E-state index contributed by atoms with van der Waals surface area (Å²) in [5.41, 5.74) is 13.0. The fourth-order valence-electron chi connectivity index (χ4n) is 3.84. The quantitative estimate of drug-likeness (QED) is 0.452. The molecule has 0 atom stereocenters. The van der Waals surface area contributed by atoms with Crippen LogP contribution in [0.25, 0.3) is 21.3 Å². The lowest BCUT2D eigenvalue weighted by Crippen LogP contribution is -2.57. The van der Waals surface area contributed by atoms with Gasteiger partial charge in [0.25, 0.3) is 0 Å². The van der Waals surface area contributed by atoms with E-state index in [1.807, 2.05) is 6.07 Å². The second-order valence-electron chi connectivity index (χ2n) is 7.51. The third-order valence-electron chi connectivity index (χ3n) is 5.30. The fraction of sp³-hybridized carbons (Fsp3) is 0.222. The predicted molar refractivity (Wildman–Crippen MR) is 124 cm³/mol. The number of nitrogen functional groups attached to an aromatic ring is 1. The number of fused-ring (bicyclic) bond motifs is 1. The average Bonchev–Trinajstić information content (AvgIpc) is 3.38. The molecule has 0 saturated carbocycles. The van der Waals surface area contributed by atoms with Crippen molar-refractivity contribution in [2.75, 3.05) is 25.5 Å². The molecule has 0 amide bonds. The van der Waals surface area contributed by atoms with Crippen LogP contribution in [0, 0.1) is 0 Å². The molecule has 0 radical (unpaired) electrons. The third-order valence-corrected chi connectivity index (χ3v) is 9.14. The largest absolute Gasteiger partial charge is 0.375 e. The Kier molecular flexibility index (Phi) is 5.07. The van der Waals surface area contributed by atoms with Gasteiger partial charge in [0.05, 0.1) is 15.8 Å². The van der Waals surface area contributed by atoms with E-state index in [1.54, 1.807) is 12.1 Å².